The first-order valence-corrected chi connectivity index (χ1v) is 4.63. The van der Waals surface area contributed by atoms with Gasteiger partial charge in [0.2, 0.25) is 0 Å². The first-order valence-electron chi connectivity index (χ1n) is 4.63. The van der Waals surface area contributed by atoms with Crippen molar-refractivity contribution < 1.29 is 24.9 Å². The van der Waals surface area contributed by atoms with Crippen molar-refractivity contribution in [1.29, 1.82) is 0 Å². The quantitative estimate of drug-likeness (QED) is 0.537. The van der Waals surface area contributed by atoms with Crippen molar-refractivity contribution in [3.05, 3.63) is 11.3 Å². The van der Waals surface area contributed by atoms with E-state index >= 15 is 0 Å². The molecule has 1 amide bonds. The Bertz CT molecular complexity index is 310. The number of aliphatic hydroxyl groups is 2. The van der Waals surface area contributed by atoms with E-state index in [1.165, 1.54) is 4.90 Å². The van der Waals surface area contributed by atoms with Crippen LogP contribution in [0.3, 0.4) is 0 Å². The van der Waals surface area contributed by atoms with E-state index in [0.717, 1.165) is 0 Å². The van der Waals surface area contributed by atoms with E-state index in [0.29, 0.717) is 19.4 Å². The van der Waals surface area contributed by atoms with Crippen molar-refractivity contribution in [2.75, 3.05) is 19.7 Å². The van der Waals surface area contributed by atoms with Crippen molar-refractivity contribution in [3.8, 4) is 0 Å². The number of aliphatic carboxylic acids is 1. The Morgan fingerprint density at radius 2 is 2.07 bits per heavy atom. The van der Waals surface area contributed by atoms with E-state index in [-0.39, 0.29) is 18.7 Å². The molecule has 3 N–H and O–H groups in total. The van der Waals surface area contributed by atoms with Crippen molar-refractivity contribution in [3.63, 3.8) is 0 Å². The molecule has 6 heteroatoms. The first-order chi connectivity index (χ1) is 7.07. The van der Waals surface area contributed by atoms with E-state index in [1.54, 1.807) is 0 Å². The fourth-order valence-corrected chi connectivity index (χ4v) is 1.38. The monoisotopic (exact) mass is 215 g/mol. The summed E-state index contributed by atoms with van der Waals surface area (Å²) in [4.78, 5) is 23.2. The molecule has 0 radical (unpaired) electrons. The van der Waals surface area contributed by atoms with E-state index < -0.39 is 17.6 Å². The zero-order valence-corrected chi connectivity index (χ0v) is 8.14. The van der Waals surface area contributed by atoms with Gasteiger partial charge < -0.3 is 20.2 Å². The van der Waals surface area contributed by atoms with Gasteiger partial charge in [0.1, 0.15) is 5.57 Å². The maximum atomic E-state index is 11.3. The Labute approximate surface area is 86.4 Å². The summed E-state index contributed by atoms with van der Waals surface area (Å²) < 4.78 is 0. The van der Waals surface area contributed by atoms with Crippen LogP contribution >= 0.6 is 0 Å². The molecule has 0 aromatic carbocycles. The van der Waals surface area contributed by atoms with Gasteiger partial charge >= 0.3 is 5.97 Å². The van der Waals surface area contributed by atoms with Gasteiger partial charge in [0.25, 0.3) is 5.91 Å². The van der Waals surface area contributed by atoms with Gasteiger partial charge in [-0.25, -0.2) is 4.79 Å². The number of carboxylic acid groups (broad SMARTS) is 1. The lowest BCUT2D eigenvalue weighted by atomic mass is 10.2. The fourth-order valence-electron chi connectivity index (χ4n) is 1.38. The molecular formula is C9H13NO5. The number of unbranched alkanes of at least 4 members (excludes halogenated alkanes) is 1. The minimum Gasteiger partial charge on any atom is -0.503 e. The van der Waals surface area contributed by atoms with Gasteiger partial charge in [0.15, 0.2) is 5.76 Å². The van der Waals surface area contributed by atoms with Crippen molar-refractivity contribution in [1.82, 2.24) is 4.90 Å². The molecule has 0 fully saturated rings. The zero-order valence-electron chi connectivity index (χ0n) is 8.14. The summed E-state index contributed by atoms with van der Waals surface area (Å²) in [5.41, 5.74) is -0.260. The van der Waals surface area contributed by atoms with Crippen LogP contribution in [0, 0.1) is 0 Å². The number of rotatable bonds is 5. The average molecular weight is 215 g/mol. The van der Waals surface area contributed by atoms with Crippen LogP contribution in [-0.4, -0.2) is 51.8 Å². The number of amides is 1. The van der Waals surface area contributed by atoms with E-state index in [2.05, 4.69) is 0 Å². The minimum absolute atomic E-state index is 0.0349. The van der Waals surface area contributed by atoms with Gasteiger partial charge in [-0.3, -0.25) is 4.79 Å². The number of hydrogen-bond donors (Lipinski definition) is 3. The Morgan fingerprint density at radius 1 is 1.40 bits per heavy atom. The lowest BCUT2D eigenvalue weighted by molar-refractivity contribution is -0.133. The molecule has 6 nitrogen and oxygen atoms in total. The van der Waals surface area contributed by atoms with Crippen LogP contribution in [0.1, 0.15) is 12.8 Å². The van der Waals surface area contributed by atoms with Gasteiger partial charge in [-0.1, -0.05) is 0 Å². The maximum Gasteiger partial charge on any atom is 0.337 e. The molecule has 1 rings (SSSR count). The van der Waals surface area contributed by atoms with Crippen LogP contribution in [0.15, 0.2) is 11.3 Å². The number of hydrogen-bond acceptors (Lipinski definition) is 4. The highest BCUT2D eigenvalue weighted by Gasteiger charge is 2.33. The SMILES string of the molecule is O=C(O)C1=C(O)C(=O)N(CCCCO)C1. The second-order valence-corrected chi connectivity index (χ2v) is 3.29. The van der Waals surface area contributed by atoms with Gasteiger partial charge in [-0.15, -0.1) is 0 Å². The summed E-state index contributed by atoms with van der Waals surface area (Å²) >= 11 is 0. The first kappa shape index (κ1) is 11.5. The lowest BCUT2D eigenvalue weighted by Crippen LogP contribution is -2.28. The van der Waals surface area contributed by atoms with Crippen LogP contribution in [0.25, 0.3) is 0 Å². The highest BCUT2D eigenvalue weighted by Crippen LogP contribution is 2.17. The Morgan fingerprint density at radius 3 is 2.53 bits per heavy atom. The normalized spacial score (nSPS) is 16.3. The zero-order chi connectivity index (χ0) is 11.4. The van der Waals surface area contributed by atoms with Crippen LogP contribution in [0.5, 0.6) is 0 Å². The van der Waals surface area contributed by atoms with E-state index in [4.69, 9.17) is 10.2 Å². The molecule has 1 aliphatic rings. The Balaban J connectivity index is 2.55. The summed E-state index contributed by atoms with van der Waals surface area (Å²) in [7, 11) is 0. The van der Waals surface area contributed by atoms with Gasteiger partial charge in [0, 0.05) is 13.2 Å². The largest absolute Gasteiger partial charge is 0.503 e. The average Bonchev–Trinajstić information content (AvgIpc) is 2.46. The topological polar surface area (TPSA) is 98.1 Å². The minimum atomic E-state index is -1.27. The standard InChI is InChI=1S/C9H13NO5/c11-4-2-1-3-10-5-6(9(14)15)7(12)8(10)13/h11-12H,1-5H2,(H,14,15). The van der Waals surface area contributed by atoms with Crippen LogP contribution in [-0.2, 0) is 9.59 Å². The summed E-state index contributed by atoms with van der Waals surface area (Å²) in [6.07, 6.45) is 1.13. The number of nitrogens with zero attached hydrogens (tertiary/aromatic N) is 1. The molecular weight excluding hydrogens is 202 g/mol. The molecule has 0 aliphatic carbocycles. The fraction of sp³-hybridized carbons (Fsp3) is 0.556. The lowest BCUT2D eigenvalue weighted by Gasteiger charge is -2.14. The Kier molecular flexibility index (Phi) is 3.68. The molecule has 1 aliphatic heterocycles. The summed E-state index contributed by atoms with van der Waals surface area (Å²) in [6, 6.07) is 0. The van der Waals surface area contributed by atoms with Crippen LogP contribution < -0.4 is 0 Å². The van der Waals surface area contributed by atoms with Crippen molar-refractivity contribution in [2.24, 2.45) is 0 Å². The third-order valence-electron chi connectivity index (χ3n) is 2.22. The summed E-state index contributed by atoms with van der Waals surface area (Å²) in [5, 5.41) is 26.4. The number of carbonyl (C=O) groups excluding carboxylic acids is 1. The van der Waals surface area contributed by atoms with Crippen molar-refractivity contribution in [2.45, 2.75) is 12.8 Å². The van der Waals surface area contributed by atoms with Gasteiger partial charge in [0.05, 0.1) is 6.54 Å². The summed E-state index contributed by atoms with van der Waals surface area (Å²) in [5.74, 6) is -2.60. The predicted octanol–water partition coefficient (Wildman–Crippen LogP) is -0.502. The van der Waals surface area contributed by atoms with Crippen molar-refractivity contribution >= 4 is 11.9 Å². The third kappa shape index (κ3) is 2.47. The number of aliphatic hydroxyl groups excluding tert-OH is 2. The molecule has 15 heavy (non-hydrogen) atoms. The maximum absolute atomic E-state index is 11.3. The van der Waals surface area contributed by atoms with Gasteiger partial charge in [-0.2, -0.15) is 0 Å². The highest BCUT2D eigenvalue weighted by atomic mass is 16.4. The third-order valence-corrected chi connectivity index (χ3v) is 2.22. The van der Waals surface area contributed by atoms with E-state index in [1.807, 2.05) is 0 Å². The molecule has 1 heterocycles. The smallest absolute Gasteiger partial charge is 0.337 e. The molecule has 0 unspecified atom stereocenters. The second kappa shape index (κ2) is 4.79. The van der Waals surface area contributed by atoms with Crippen LogP contribution in [0.2, 0.25) is 0 Å². The highest BCUT2D eigenvalue weighted by molar-refractivity contribution is 6.04. The Hall–Kier alpha value is -1.56. The van der Waals surface area contributed by atoms with E-state index in [9.17, 15) is 14.7 Å². The predicted molar refractivity (Wildman–Crippen MR) is 50.2 cm³/mol. The molecule has 0 spiro atoms. The number of carboxylic acids is 1. The molecule has 0 aromatic heterocycles. The molecule has 0 bridgehead atoms. The van der Waals surface area contributed by atoms with Gasteiger partial charge in [-0.05, 0) is 12.8 Å². The molecule has 0 atom stereocenters. The molecule has 0 saturated carbocycles. The molecule has 84 valence electrons. The second-order valence-electron chi connectivity index (χ2n) is 3.29. The molecule has 0 saturated heterocycles. The molecule has 0 aromatic rings. The number of carbonyl (C=O) groups is 2. The van der Waals surface area contributed by atoms with Crippen LogP contribution in [0.4, 0.5) is 0 Å². The summed E-state index contributed by atoms with van der Waals surface area (Å²) in [6.45, 7) is 0.318.